The molecule has 0 saturated carbocycles. The fourth-order valence-corrected chi connectivity index (χ4v) is 2.24. The van der Waals surface area contributed by atoms with E-state index in [9.17, 15) is 0 Å². The summed E-state index contributed by atoms with van der Waals surface area (Å²) in [6.45, 7) is 8.52. The molecule has 3 aromatic heterocycles. The minimum atomic E-state index is 0.202. The average Bonchev–Trinajstić information content (AvgIpc) is 3.02. The zero-order chi connectivity index (χ0) is 16.9. The van der Waals surface area contributed by atoms with Crippen molar-refractivity contribution in [2.75, 3.05) is 13.2 Å². The number of ether oxygens (including phenoxy) is 2. The van der Waals surface area contributed by atoms with Gasteiger partial charge in [-0.25, -0.2) is 15.0 Å². The highest BCUT2D eigenvalue weighted by Crippen LogP contribution is 2.22. The van der Waals surface area contributed by atoms with Crippen LogP contribution in [0.15, 0.2) is 41.9 Å². The highest BCUT2D eigenvalue weighted by Gasteiger charge is 2.09. The maximum absolute atomic E-state index is 5.69. The van der Waals surface area contributed by atoms with Crippen LogP contribution in [0.5, 0.6) is 5.75 Å². The van der Waals surface area contributed by atoms with Crippen LogP contribution in [-0.2, 0) is 4.74 Å². The van der Waals surface area contributed by atoms with Crippen molar-refractivity contribution in [1.82, 2.24) is 19.4 Å². The van der Waals surface area contributed by atoms with Crippen LogP contribution in [0.1, 0.15) is 13.8 Å². The molecule has 0 saturated heterocycles. The average molecular weight is 325 g/mol. The topological polar surface area (TPSA) is 73.9 Å². The molecule has 3 aromatic rings. The van der Waals surface area contributed by atoms with Crippen LogP contribution in [0.4, 0.5) is 5.82 Å². The van der Waals surface area contributed by atoms with Crippen molar-refractivity contribution in [1.29, 1.82) is 0 Å². The van der Waals surface area contributed by atoms with Crippen LogP contribution < -0.4 is 4.74 Å². The summed E-state index contributed by atoms with van der Waals surface area (Å²) in [4.78, 5) is 16.7. The number of hydrogen-bond donors (Lipinski definition) is 0. The molecule has 0 radical (unpaired) electrons. The first-order valence-corrected chi connectivity index (χ1v) is 7.68. The van der Waals surface area contributed by atoms with Gasteiger partial charge in [0.05, 0.1) is 37.0 Å². The monoisotopic (exact) mass is 325 g/mol. The number of nitrogens with zero attached hydrogens (tertiary/aromatic N) is 5. The van der Waals surface area contributed by atoms with Crippen molar-refractivity contribution in [3.63, 3.8) is 0 Å². The number of fused-ring (bicyclic) bond motifs is 1. The Hall–Kier alpha value is -2.80. The van der Waals surface area contributed by atoms with E-state index >= 15 is 0 Å². The Balaban J connectivity index is 1.79. The van der Waals surface area contributed by atoms with Gasteiger partial charge in [-0.1, -0.05) is 0 Å². The van der Waals surface area contributed by atoms with E-state index in [4.69, 9.17) is 9.47 Å². The van der Waals surface area contributed by atoms with Crippen molar-refractivity contribution in [3.8, 4) is 17.1 Å². The first-order valence-electron chi connectivity index (χ1n) is 7.68. The van der Waals surface area contributed by atoms with Crippen LogP contribution in [0.2, 0.25) is 0 Å². The summed E-state index contributed by atoms with van der Waals surface area (Å²) in [5.74, 6) is 1.23. The van der Waals surface area contributed by atoms with E-state index in [0.29, 0.717) is 24.7 Å². The van der Waals surface area contributed by atoms with E-state index in [1.165, 1.54) is 0 Å². The quantitative estimate of drug-likeness (QED) is 0.493. The third kappa shape index (κ3) is 3.57. The Morgan fingerprint density at radius 1 is 1.25 bits per heavy atom. The van der Waals surface area contributed by atoms with Gasteiger partial charge >= 0.3 is 0 Å². The smallest absolute Gasteiger partial charge is 0.170 e. The Kier molecular flexibility index (Phi) is 4.81. The molecule has 0 fully saturated rings. The molecule has 0 aromatic carbocycles. The lowest BCUT2D eigenvalue weighted by molar-refractivity contribution is 0.0553. The lowest BCUT2D eigenvalue weighted by Gasteiger charge is -2.09. The normalized spacial score (nSPS) is 11.1. The molecular formula is C17H19N5O2. The molecule has 3 heterocycles. The first kappa shape index (κ1) is 16.1. The summed E-state index contributed by atoms with van der Waals surface area (Å²) < 4.78 is 13.1. The van der Waals surface area contributed by atoms with Gasteiger partial charge in [-0.2, -0.15) is 0 Å². The van der Waals surface area contributed by atoms with Crippen LogP contribution in [-0.4, -0.2) is 45.4 Å². The number of aliphatic imine (C=N–C) groups is 1. The minimum Gasteiger partial charge on any atom is -0.491 e. The number of imidazole rings is 1. The van der Waals surface area contributed by atoms with E-state index in [0.717, 1.165) is 17.1 Å². The summed E-state index contributed by atoms with van der Waals surface area (Å²) in [6.07, 6.45) is 7.08. The molecule has 0 aliphatic carbocycles. The van der Waals surface area contributed by atoms with Gasteiger partial charge in [-0.15, -0.1) is 0 Å². The minimum absolute atomic E-state index is 0.202. The van der Waals surface area contributed by atoms with Crippen molar-refractivity contribution in [2.45, 2.75) is 20.0 Å². The molecule has 7 nitrogen and oxygen atoms in total. The molecule has 124 valence electrons. The molecule has 0 aliphatic heterocycles. The molecule has 0 spiro atoms. The fraction of sp³-hybridized carbons (Fsp3) is 0.294. The summed E-state index contributed by atoms with van der Waals surface area (Å²) in [7, 11) is 0. The standard InChI is InChI=1S/C17H19N5O2/c1-12(2)23-6-7-24-13-4-5-22-15(10-20-17(22)8-13)14-9-19-11-16(18-3)21-14/h4-5,8-12H,3,6-7H2,1-2H3. The highest BCUT2D eigenvalue weighted by molar-refractivity contribution is 5.61. The largest absolute Gasteiger partial charge is 0.491 e. The van der Waals surface area contributed by atoms with E-state index in [1.54, 1.807) is 18.6 Å². The maximum atomic E-state index is 5.69. The second-order valence-corrected chi connectivity index (χ2v) is 5.42. The molecule has 24 heavy (non-hydrogen) atoms. The highest BCUT2D eigenvalue weighted by atomic mass is 16.5. The Bertz CT molecular complexity index is 844. The molecule has 0 atom stereocenters. The Morgan fingerprint density at radius 3 is 2.92 bits per heavy atom. The zero-order valence-electron chi connectivity index (χ0n) is 13.7. The second kappa shape index (κ2) is 7.18. The summed E-state index contributed by atoms with van der Waals surface area (Å²) in [6, 6.07) is 3.76. The summed E-state index contributed by atoms with van der Waals surface area (Å²) in [5, 5.41) is 0. The first-order chi connectivity index (χ1) is 11.7. The van der Waals surface area contributed by atoms with Gasteiger partial charge in [0.15, 0.2) is 5.82 Å². The molecule has 3 rings (SSSR count). The van der Waals surface area contributed by atoms with Gasteiger partial charge in [0.1, 0.15) is 23.7 Å². The lowest BCUT2D eigenvalue weighted by Crippen LogP contribution is -2.11. The Labute approximate surface area is 140 Å². The summed E-state index contributed by atoms with van der Waals surface area (Å²) >= 11 is 0. The molecule has 0 amide bonds. The van der Waals surface area contributed by atoms with E-state index in [1.807, 2.05) is 36.6 Å². The van der Waals surface area contributed by atoms with Crippen LogP contribution in [0, 0.1) is 0 Å². The SMILES string of the molecule is C=Nc1cncc(-c2cnc3cc(OCCOC(C)C)ccn23)n1. The zero-order valence-corrected chi connectivity index (χ0v) is 13.7. The maximum Gasteiger partial charge on any atom is 0.170 e. The lowest BCUT2D eigenvalue weighted by atomic mass is 10.3. The third-order valence-electron chi connectivity index (χ3n) is 3.33. The second-order valence-electron chi connectivity index (χ2n) is 5.42. The van der Waals surface area contributed by atoms with Gasteiger partial charge in [0.25, 0.3) is 0 Å². The van der Waals surface area contributed by atoms with Crippen LogP contribution in [0.25, 0.3) is 17.0 Å². The van der Waals surface area contributed by atoms with Gasteiger partial charge in [-0.3, -0.25) is 9.38 Å². The third-order valence-corrected chi connectivity index (χ3v) is 3.33. The fourth-order valence-electron chi connectivity index (χ4n) is 2.24. The van der Waals surface area contributed by atoms with E-state index in [-0.39, 0.29) is 6.10 Å². The van der Waals surface area contributed by atoms with Gasteiger partial charge in [0.2, 0.25) is 0 Å². The number of rotatable bonds is 7. The molecule has 0 bridgehead atoms. The van der Waals surface area contributed by atoms with Crippen molar-refractivity contribution in [3.05, 3.63) is 36.9 Å². The van der Waals surface area contributed by atoms with E-state index < -0.39 is 0 Å². The Morgan fingerprint density at radius 2 is 2.12 bits per heavy atom. The molecule has 7 heteroatoms. The summed E-state index contributed by atoms with van der Waals surface area (Å²) in [5.41, 5.74) is 2.29. The van der Waals surface area contributed by atoms with Gasteiger partial charge < -0.3 is 9.47 Å². The molecule has 0 unspecified atom stereocenters. The van der Waals surface area contributed by atoms with E-state index in [2.05, 4.69) is 26.7 Å². The van der Waals surface area contributed by atoms with Crippen molar-refractivity contribution in [2.24, 2.45) is 4.99 Å². The molecule has 0 aliphatic rings. The predicted octanol–water partition coefficient (Wildman–Crippen LogP) is 2.93. The number of pyridine rings is 1. The van der Waals surface area contributed by atoms with Gasteiger partial charge in [-0.05, 0) is 26.6 Å². The van der Waals surface area contributed by atoms with Crippen LogP contribution in [0.3, 0.4) is 0 Å². The number of hydrogen-bond acceptors (Lipinski definition) is 6. The molecular weight excluding hydrogens is 306 g/mol. The van der Waals surface area contributed by atoms with Crippen LogP contribution >= 0.6 is 0 Å². The predicted molar refractivity (Wildman–Crippen MR) is 92.0 cm³/mol. The van der Waals surface area contributed by atoms with Crippen molar-refractivity contribution < 1.29 is 9.47 Å². The van der Waals surface area contributed by atoms with Crippen molar-refractivity contribution >= 4 is 18.2 Å². The number of aromatic nitrogens is 4. The van der Waals surface area contributed by atoms with Gasteiger partial charge in [0, 0.05) is 12.3 Å². The molecule has 0 N–H and O–H groups in total.